The van der Waals surface area contributed by atoms with Crippen molar-refractivity contribution in [1.82, 2.24) is 5.43 Å². The van der Waals surface area contributed by atoms with Crippen LogP contribution in [0.4, 0.5) is 0 Å². The van der Waals surface area contributed by atoms with Gasteiger partial charge in [0.25, 0.3) is 0 Å². The summed E-state index contributed by atoms with van der Waals surface area (Å²) in [5.41, 5.74) is 5.33. The SMILES string of the molecule is COC1(C(NN)c2ccc(C)cc2)CCCCCC1. The van der Waals surface area contributed by atoms with E-state index in [0.29, 0.717) is 0 Å². The maximum Gasteiger partial charge on any atom is 0.0885 e. The van der Waals surface area contributed by atoms with Crippen molar-refractivity contribution in [2.45, 2.75) is 57.1 Å². The third kappa shape index (κ3) is 3.16. The van der Waals surface area contributed by atoms with E-state index >= 15 is 0 Å². The molecule has 1 saturated carbocycles. The summed E-state index contributed by atoms with van der Waals surface area (Å²) >= 11 is 0. The number of rotatable bonds is 4. The molecule has 1 aromatic rings. The molecule has 1 aliphatic rings. The molecule has 3 heteroatoms. The number of hydrogen-bond donors (Lipinski definition) is 2. The molecular formula is C16H26N2O. The Kier molecular flexibility index (Phi) is 4.97. The first kappa shape index (κ1) is 14.5. The van der Waals surface area contributed by atoms with Crippen molar-refractivity contribution in [3.05, 3.63) is 35.4 Å². The lowest BCUT2D eigenvalue weighted by Gasteiger charge is -2.39. The molecule has 106 valence electrons. The molecule has 1 fully saturated rings. The highest BCUT2D eigenvalue weighted by Crippen LogP contribution is 2.39. The van der Waals surface area contributed by atoms with Crippen molar-refractivity contribution in [3.8, 4) is 0 Å². The van der Waals surface area contributed by atoms with Crippen LogP contribution in [0.5, 0.6) is 0 Å². The Labute approximate surface area is 116 Å². The van der Waals surface area contributed by atoms with Crippen molar-refractivity contribution >= 4 is 0 Å². The van der Waals surface area contributed by atoms with Crippen molar-refractivity contribution in [2.24, 2.45) is 5.84 Å². The molecule has 1 aromatic carbocycles. The number of nitrogens with one attached hydrogen (secondary N) is 1. The quantitative estimate of drug-likeness (QED) is 0.497. The Bertz CT molecular complexity index is 380. The Morgan fingerprint density at radius 3 is 2.16 bits per heavy atom. The molecule has 19 heavy (non-hydrogen) atoms. The van der Waals surface area contributed by atoms with Crippen molar-refractivity contribution in [1.29, 1.82) is 0 Å². The van der Waals surface area contributed by atoms with E-state index in [-0.39, 0.29) is 11.6 Å². The van der Waals surface area contributed by atoms with Crippen LogP contribution in [0.2, 0.25) is 0 Å². The van der Waals surface area contributed by atoms with E-state index in [0.717, 1.165) is 12.8 Å². The van der Waals surface area contributed by atoms with E-state index in [1.54, 1.807) is 0 Å². The molecule has 0 heterocycles. The predicted molar refractivity (Wildman–Crippen MR) is 78.7 cm³/mol. The molecule has 0 amide bonds. The summed E-state index contributed by atoms with van der Waals surface area (Å²) in [6.45, 7) is 2.10. The second-order valence-electron chi connectivity index (χ2n) is 5.69. The van der Waals surface area contributed by atoms with Gasteiger partial charge in [-0.3, -0.25) is 11.3 Å². The second-order valence-corrected chi connectivity index (χ2v) is 5.69. The maximum atomic E-state index is 5.95. The third-order valence-electron chi connectivity index (χ3n) is 4.46. The van der Waals surface area contributed by atoms with Crippen molar-refractivity contribution < 1.29 is 4.74 Å². The van der Waals surface area contributed by atoms with Gasteiger partial charge in [-0.25, -0.2) is 0 Å². The van der Waals surface area contributed by atoms with E-state index in [9.17, 15) is 0 Å². The molecule has 0 saturated heterocycles. The van der Waals surface area contributed by atoms with Gasteiger partial charge >= 0.3 is 0 Å². The topological polar surface area (TPSA) is 47.3 Å². The minimum absolute atomic E-state index is 0.0659. The summed E-state index contributed by atoms with van der Waals surface area (Å²) in [7, 11) is 1.82. The monoisotopic (exact) mass is 262 g/mol. The average Bonchev–Trinajstić information content (AvgIpc) is 2.68. The van der Waals surface area contributed by atoms with Gasteiger partial charge in [0.2, 0.25) is 0 Å². The Hall–Kier alpha value is -0.900. The molecule has 0 aromatic heterocycles. The zero-order chi connectivity index (χ0) is 13.7. The van der Waals surface area contributed by atoms with E-state index in [4.69, 9.17) is 10.6 Å². The van der Waals surface area contributed by atoms with Gasteiger partial charge in [0.1, 0.15) is 0 Å². The van der Waals surface area contributed by atoms with Crippen molar-refractivity contribution in [2.75, 3.05) is 7.11 Å². The van der Waals surface area contributed by atoms with Gasteiger partial charge in [0.15, 0.2) is 0 Å². The van der Waals surface area contributed by atoms with E-state index < -0.39 is 0 Å². The molecule has 0 aliphatic heterocycles. The van der Waals surface area contributed by atoms with Gasteiger partial charge in [0.05, 0.1) is 11.6 Å². The van der Waals surface area contributed by atoms with Crippen LogP contribution in [0.15, 0.2) is 24.3 Å². The highest BCUT2D eigenvalue weighted by molar-refractivity contribution is 5.26. The van der Waals surface area contributed by atoms with Gasteiger partial charge < -0.3 is 4.74 Å². The minimum atomic E-state index is -0.166. The van der Waals surface area contributed by atoms with Crippen LogP contribution < -0.4 is 11.3 Å². The predicted octanol–water partition coefficient (Wildman–Crippen LogP) is 3.24. The van der Waals surface area contributed by atoms with Crippen LogP contribution in [0.1, 0.15) is 55.7 Å². The summed E-state index contributed by atoms with van der Waals surface area (Å²) in [6.07, 6.45) is 7.20. The summed E-state index contributed by atoms with van der Waals surface area (Å²) in [4.78, 5) is 0. The smallest absolute Gasteiger partial charge is 0.0885 e. The zero-order valence-corrected chi connectivity index (χ0v) is 12.1. The fourth-order valence-electron chi connectivity index (χ4n) is 3.25. The average molecular weight is 262 g/mol. The Morgan fingerprint density at radius 2 is 1.68 bits per heavy atom. The first-order valence-electron chi connectivity index (χ1n) is 7.30. The molecule has 2 rings (SSSR count). The molecule has 1 unspecified atom stereocenters. The standard InChI is InChI=1S/C16H26N2O/c1-13-7-9-14(10-8-13)15(18-17)16(19-2)11-5-3-4-6-12-16/h7-10,15,18H,3-6,11-12,17H2,1-2H3. The summed E-state index contributed by atoms with van der Waals surface area (Å²) in [5, 5.41) is 0. The molecule has 0 bridgehead atoms. The molecule has 1 aliphatic carbocycles. The highest BCUT2D eigenvalue weighted by Gasteiger charge is 2.39. The number of benzene rings is 1. The van der Waals surface area contributed by atoms with Crippen LogP contribution in [0.3, 0.4) is 0 Å². The number of nitrogens with two attached hydrogens (primary N) is 1. The van der Waals surface area contributed by atoms with Crippen LogP contribution >= 0.6 is 0 Å². The molecule has 0 radical (unpaired) electrons. The van der Waals surface area contributed by atoms with Gasteiger partial charge in [-0.05, 0) is 25.3 Å². The Balaban J connectivity index is 2.29. The lowest BCUT2D eigenvalue weighted by molar-refractivity contribution is -0.0541. The van der Waals surface area contributed by atoms with Crippen LogP contribution in [-0.2, 0) is 4.74 Å². The molecular weight excluding hydrogens is 236 g/mol. The molecule has 3 N–H and O–H groups in total. The largest absolute Gasteiger partial charge is 0.376 e. The fourth-order valence-corrected chi connectivity index (χ4v) is 3.25. The van der Waals surface area contributed by atoms with Crippen LogP contribution in [0, 0.1) is 6.92 Å². The van der Waals surface area contributed by atoms with Crippen LogP contribution in [0.25, 0.3) is 0 Å². The minimum Gasteiger partial charge on any atom is -0.376 e. The molecule has 0 spiro atoms. The normalized spacial score (nSPS) is 20.8. The van der Waals surface area contributed by atoms with E-state index in [1.807, 2.05) is 7.11 Å². The van der Waals surface area contributed by atoms with Gasteiger partial charge in [0, 0.05) is 7.11 Å². The number of aryl methyl sites for hydroxylation is 1. The Morgan fingerprint density at radius 1 is 1.11 bits per heavy atom. The summed E-state index contributed by atoms with van der Waals surface area (Å²) < 4.78 is 5.95. The fraction of sp³-hybridized carbons (Fsp3) is 0.625. The number of hydrogen-bond acceptors (Lipinski definition) is 3. The van der Waals surface area contributed by atoms with Crippen LogP contribution in [-0.4, -0.2) is 12.7 Å². The number of methoxy groups -OCH3 is 1. The highest BCUT2D eigenvalue weighted by atomic mass is 16.5. The van der Waals surface area contributed by atoms with Gasteiger partial charge in [-0.15, -0.1) is 0 Å². The molecule has 1 atom stereocenters. The lowest BCUT2D eigenvalue weighted by Crippen LogP contribution is -2.47. The number of ether oxygens (including phenoxy) is 1. The van der Waals surface area contributed by atoms with E-state index in [2.05, 4.69) is 36.6 Å². The van der Waals surface area contributed by atoms with Crippen molar-refractivity contribution in [3.63, 3.8) is 0 Å². The summed E-state index contributed by atoms with van der Waals surface area (Å²) in [6, 6.07) is 8.66. The summed E-state index contributed by atoms with van der Waals surface area (Å²) in [5.74, 6) is 5.86. The first-order valence-corrected chi connectivity index (χ1v) is 7.30. The molecule has 3 nitrogen and oxygen atoms in total. The van der Waals surface area contributed by atoms with Gasteiger partial charge in [-0.1, -0.05) is 55.5 Å². The van der Waals surface area contributed by atoms with Gasteiger partial charge in [-0.2, -0.15) is 0 Å². The maximum absolute atomic E-state index is 5.95. The van der Waals surface area contributed by atoms with E-state index in [1.165, 1.54) is 36.8 Å². The third-order valence-corrected chi connectivity index (χ3v) is 4.46. The zero-order valence-electron chi connectivity index (χ0n) is 12.1. The second kappa shape index (κ2) is 6.51. The lowest BCUT2D eigenvalue weighted by atomic mass is 9.82. The number of hydrazine groups is 1. The first-order chi connectivity index (χ1) is 9.22.